The zero-order valence-electron chi connectivity index (χ0n) is 16.7. The Balaban J connectivity index is 1.10. The molecule has 4 aliphatic rings. The summed E-state index contributed by atoms with van der Waals surface area (Å²) in [6.07, 6.45) is 7.72. The van der Waals surface area contributed by atoms with Crippen LogP contribution in [-0.4, -0.2) is 37.2 Å². The topological polar surface area (TPSA) is 79.5 Å². The molecule has 6 nitrogen and oxygen atoms in total. The summed E-state index contributed by atoms with van der Waals surface area (Å²) in [4.78, 5) is 24.3. The van der Waals surface area contributed by atoms with Crippen LogP contribution in [0.25, 0.3) is 0 Å². The molecule has 0 unspecified atom stereocenters. The van der Waals surface area contributed by atoms with E-state index in [0.29, 0.717) is 19.7 Å². The monoisotopic (exact) mass is 463 g/mol. The number of rotatable bonds is 8. The maximum Gasteiger partial charge on any atom is 0.315 e. The Morgan fingerprint density at radius 3 is 2.38 bits per heavy atom. The summed E-state index contributed by atoms with van der Waals surface area (Å²) in [5.74, 6) is 3.07. The molecule has 0 atom stereocenters. The number of hydrogen-bond acceptors (Lipinski definition) is 3. The molecule has 5 rings (SSSR count). The van der Waals surface area contributed by atoms with Crippen LogP contribution in [0.4, 0.5) is 4.79 Å². The van der Waals surface area contributed by atoms with E-state index in [1.165, 1.54) is 19.3 Å². The lowest BCUT2D eigenvalue weighted by atomic mass is 9.53. The van der Waals surface area contributed by atoms with Crippen LogP contribution in [0.15, 0.2) is 28.7 Å². The Bertz CT molecular complexity index is 719. The number of ether oxygens (including phenoxy) is 1. The van der Waals surface area contributed by atoms with Crippen LogP contribution in [0, 0.1) is 17.8 Å². The lowest BCUT2D eigenvalue weighted by Crippen LogP contribution is -2.61. The van der Waals surface area contributed by atoms with E-state index in [4.69, 9.17) is 4.74 Å². The minimum Gasteiger partial charge on any atom is -0.492 e. The van der Waals surface area contributed by atoms with E-state index in [0.717, 1.165) is 47.2 Å². The molecule has 0 saturated heterocycles. The molecule has 0 heterocycles. The fraction of sp³-hybridized carbons (Fsp3) is 0.636. The molecule has 4 bridgehead atoms. The van der Waals surface area contributed by atoms with Gasteiger partial charge in [-0.3, -0.25) is 4.79 Å². The molecule has 0 aliphatic heterocycles. The zero-order valence-corrected chi connectivity index (χ0v) is 18.3. The standard InChI is InChI=1S/C22H30BrN3O3/c23-18-2-1-3-19(11-18)29-7-6-24-20(27)4-5-25-21(28)26-22-12-15-8-16(13-22)10-17(9-15)14-22/h1-3,11,15-17H,4-10,12-14H2,(H,24,27)(H2,25,26,28). The van der Waals surface area contributed by atoms with Crippen molar-refractivity contribution in [3.8, 4) is 5.75 Å². The molecule has 3 N–H and O–H groups in total. The second-order valence-electron chi connectivity index (χ2n) is 8.98. The van der Waals surface area contributed by atoms with Gasteiger partial charge in [-0.05, 0) is 74.5 Å². The molecular weight excluding hydrogens is 434 g/mol. The highest BCUT2D eigenvalue weighted by molar-refractivity contribution is 9.10. The minimum atomic E-state index is -0.127. The number of carbonyl (C=O) groups is 2. The minimum absolute atomic E-state index is 0.00482. The van der Waals surface area contributed by atoms with E-state index in [2.05, 4.69) is 31.9 Å². The summed E-state index contributed by atoms with van der Waals surface area (Å²) in [7, 11) is 0. The maximum absolute atomic E-state index is 12.4. The predicted octanol–water partition coefficient (Wildman–Crippen LogP) is 3.60. The third-order valence-corrected chi connectivity index (χ3v) is 7.04. The Labute approximate surface area is 180 Å². The highest BCUT2D eigenvalue weighted by atomic mass is 79.9. The second-order valence-corrected chi connectivity index (χ2v) is 9.90. The van der Waals surface area contributed by atoms with Crippen molar-refractivity contribution in [1.82, 2.24) is 16.0 Å². The molecule has 7 heteroatoms. The van der Waals surface area contributed by atoms with Crippen LogP contribution < -0.4 is 20.7 Å². The van der Waals surface area contributed by atoms with E-state index in [1.54, 1.807) is 0 Å². The number of halogens is 1. The van der Waals surface area contributed by atoms with Crippen molar-refractivity contribution in [2.75, 3.05) is 19.7 Å². The summed E-state index contributed by atoms with van der Waals surface area (Å²) in [6, 6.07) is 7.46. The van der Waals surface area contributed by atoms with Gasteiger partial charge in [-0.2, -0.15) is 0 Å². The van der Waals surface area contributed by atoms with Crippen LogP contribution in [0.2, 0.25) is 0 Å². The van der Waals surface area contributed by atoms with E-state index in [1.807, 2.05) is 24.3 Å². The van der Waals surface area contributed by atoms with Crippen LogP contribution >= 0.6 is 15.9 Å². The predicted molar refractivity (Wildman–Crippen MR) is 115 cm³/mol. The number of nitrogens with one attached hydrogen (secondary N) is 3. The molecular formula is C22H30BrN3O3. The summed E-state index contributed by atoms with van der Waals surface area (Å²) in [6.45, 7) is 1.18. The van der Waals surface area contributed by atoms with Crippen molar-refractivity contribution in [1.29, 1.82) is 0 Å². The van der Waals surface area contributed by atoms with Crippen LogP contribution in [0.1, 0.15) is 44.9 Å². The molecule has 0 aromatic heterocycles. The number of amides is 3. The largest absolute Gasteiger partial charge is 0.492 e. The van der Waals surface area contributed by atoms with Gasteiger partial charge in [-0.15, -0.1) is 0 Å². The van der Waals surface area contributed by atoms with Gasteiger partial charge >= 0.3 is 6.03 Å². The third kappa shape index (κ3) is 5.44. The van der Waals surface area contributed by atoms with E-state index >= 15 is 0 Å². The second kappa shape index (κ2) is 8.94. The molecule has 4 aliphatic carbocycles. The first-order chi connectivity index (χ1) is 14.0. The molecule has 0 radical (unpaired) electrons. The summed E-state index contributed by atoms with van der Waals surface area (Å²) in [5, 5.41) is 8.95. The van der Waals surface area contributed by atoms with Gasteiger partial charge < -0.3 is 20.7 Å². The third-order valence-electron chi connectivity index (χ3n) is 6.54. The first kappa shape index (κ1) is 20.5. The van der Waals surface area contributed by atoms with Crippen LogP contribution in [0.5, 0.6) is 5.75 Å². The number of hydrogen-bond donors (Lipinski definition) is 3. The number of urea groups is 1. The van der Waals surface area contributed by atoms with Gasteiger partial charge in [0.15, 0.2) is 0 Å². The van der Waals surface area contributed by atoms with Gasteiger partial charge in [0.05, 0.1) is 6.54 Å². The number of carbonyl (C=O) groups excluding carboxylic acids is 2. The quantitative estimate of drug-likeness (QED) is 0.515. The van der Waals surface area contributed by atoms with Crippen molar-refractivity contribution in [2.45, 2.75) is 50.5 Å². The summed E-state index contributed by atoms with van der Waals surface area (Å²) < 4.78 is 6.55. The van der Waals surface area contributed by atoms with Gasteiger partial charge in [0, 0.05) is 23.0 Å². The Morgan fingerprint density at radius 1 is 1.03 bits per heavy atom. The van der Waals surface area contributed by atoms with Gasteiger partial charge in [0.25, 0.3) is 0 Å². The van der Waals surface area contributed by atoms with Crippen LogP contribution in [0.3, 0.4) is 0 Å². The molecule has 1 aromatic rings. The molecule has 158 valence electrons. The Kier molecular flexibility index (Phi) is 6.32. The summed E-state index contributed by atoms with van der Waals surface area (Å²) >= 11 is 3.40. The van der Waals surface area contributed by atoms with E-state index < -0.39 is 0 Å². The van der Waals surface area contributed by atoms with Crippen molar-refractivity contribution in [2.24, 2.45) is 17.8 Å². The van der Waals surface area contributed by atoms with E-state index in [9.17, 15) is 9.59 Å². The Morgan fingerprint density at radius 2 is 1.72 bits per heavy atom. The Hall–Kier alpha value is -1.76. The summed E-state index contributed by atoms with van der Waals surface area (Å²) in [5.41, 5.74) is 0.00482. The van der Waals surface area contributed by atoms with Crippen molar-refractivity contribution in [3.05, 3.63) is 28.7 Å². The lowest BCUT2D eigenvalue weighted by Gasteiger charge is -2.56. The maximum atomic E-state index is 12.4. The van der Waals surface area contributed by atoms with Crippen molar-refractivity contribution >= 4 is 27.9 Å². The van der Waals surface area contributed by atoms with Gasteiger partial charge in [0.2, 0.25) is 5.91 Å². The molecule has 3 amide bonds. The van der Waals surface area contributed by atoms with Gasteiger partial charge in [-0.25, -0.2) is 4.79 Å². The lowest BCUT2D eigenvalue weighted by molar-refractivity contribution is -0.121. The van der Waals surface area contributed by atoms with Gasteiger partial charge in [-0.1, -0.05) is 22.0 Å². The average Bonchev–Trinajstić information content (AvgIpc) is 2.64. The fourth-order valence-electron chi connectivity index (χ4n) is 5.84. The van der Waals surface area contributed by atoms with Crippen LogP contribution in [-0.2, 0) is 4.79 Å². The first-order valence-corrected chi connectivity index (χ1v) is 11.5. The molecule has 1 aromatic carbocycles. The molecule has 4 saturated carbocycles. The highest BCUT2D eigenvalue weighted by Gasteiger charge is 2.51. The SMILES string of the molecule is O=C(CCNC(=O)NC12CC3CC(CC(C3)C1)C2)NCCOc1cccc(Br)c1. The normalized spacial score (nSPS) is 29.3. The smallest absolute Gasteiger partial charge is 0.315 e. The van der Waals surface area contributed by atoms with Crippen molar-refractivity contribution < 1.29 is 14.3 Å². The van der Waals surface area contributed by atoms with E-state index in [-0.39, 0.29) is 23.9 Å². The first-order valence-electron chi connectivity index (χ1n) is 10.7. The molecule has 4 fully saturated rings. The van der Waals surface area contributed by atoms with Gasteiger partial charge in [0.1, 0.15) is 12.4 Å². The highest BCUT2D eigenvalue weighted by Crippen LogP contribution is 2.55. The number of benzene rings is 1. The molecule has 29 heavy (non-hydrogen) atoms. The molecule has 0 spiro atoms. The van der Waals surface area contributed by atoms with Crippen molar-refractivity contribution in [3.63, 3.8) is 0 Å². The fourth-order valence-corrected chi connectivity index (χ4v) is 6.22. The zero-order chi connectivity index (χ0) is 20.3. The average molecular weight is 464 g/mol.